The Morgan fingerprint density at radius 1 is 0.815 bits per heavy atom. The quantitative estimate of drug-likeness (QED) is 0.318. The molecule has 3 heterocycles. The van der Waals surface area contributed by atoms with Crippen molar-refractivity contribution in [1.82, 2.24) is 26.1 Å². The van der Waals surface area contributed by atoms with Crippen LogP contribution >= 0.6 is 0 Å². The van der Waals surface area contributed by atoms with Gasteiger partial charge in [-0.25, -0.2) is 26.1 Å². The van der Waals surface area contributed by atoms with Crippen molar-refractivity contribution in [2.24, 2.45) is 10.2 Å². The molecule has 0 atom stereocenters. The van der Waals surface area contributed by atoms with Crippen LogP contribution in [0.1, 0.15) is 42.6 Å². The third-order valence-corrected chi connectivity index (χ3v) is 4.01. The second-order valence-corrected chi connectivity index (χ2v) is 6.10. The van der Waals surface area contributed by atoms with E-state index in [2.05, 4.69) is 43.2 Å². The standard InChI is InChI=1S/C16H25N7.3ClH.V/c1-14-10-15(12-17-20-22-6-2-3-7-22)19-16(11-14)13-18-21-23-8-4-5-9-23;;;;/h10-13,20-21H,2-9H2,1H3;3*1H;/p-3. The molecule has 1 aromatic rings. The van der Waals surface area contributed by atoms with Gasteiger partial charge in [0.1, 0.15) is 0 Å². The zero-order valence-corrected chi connectivity index (χ0v) is 18.9. The van der Waals surface area contributed by atoms with Crippen LogP contribution in [0, 0.1) is 6.92 Å². The molecule has 0 aromatic carbocycles. The van der Waals surface area contributed by atoms with E-state index in [4.69, 9.17) is 0 Å². The number of halogens is 3. The van der Waals surface area contributed by atoms with E-state index in [1.165, 1.54) is 25.7 Å². The maximum atomic E-state index is 4.55. The summed E-state index contributed by atoms with van der Waals surface area (Å²) in [5, 5.41) is 12.8. The van der Waals surface area contributed by atoms with Gasteiger partial charge in [-0.1, -0.05) is 0 Å². The van der Waals surface area contributed by atoms with Gasteiger partial charge < -0.3 is 37.2 Å². The Morgan fingerprint density at radius 3 is 1.56 bits per heavy atom. The number of aryl methyl sites for hydroxylation is 1. The van der Waals surface area contributed by atoms with Crippen molar-refractivity contribution < 1.29 is 55.8 Å². The third kappa shape index (κ3) is 9.99. The zero-order chi connectivity index (χ0) is 15.9. The predicted molar refractivity (Wildman–Crippen MR) is 92.0 cm³/mol. The molecular weight excluding hydrogens is 448 g/mol. The van der Waals surface area contributed by atoms with Crippen molar-refractivity contribution in [3.63, 3.8) is 0 Å². The molecule has 2 fully saturated rings. The summed E-state index contributed by atoms with van der Waals surface area (Å²) in [7, 11) is 0. The first kappa shape index (κ1) is 28.7. The first-order valence-corrected chi connectivity index (χ1v) is 8.36. The van der Waals surface area contributed by atoms with Gasteiger partial charge in [-0.2, -0.15) is 10.2 Å². The maximum Gasteiger partial charge on any atom is 0.0841 e. The topological polar surface area (TPSA) is 68.1 Å². The maximum absolute atomic E-state index is 4.55. The molecule has 0 saturated carbocycles. The zero-order valence-electron chi connectivity index (χ0n) is 15.3. The normalized spacial score (nSPS) is 17.1. The molecule has 2 aliphatic heterocycles. The molecule has 27 heavy (non-hydrogen) atoms. The van der Waals surface area contributed by atoms with Gasteiger partial charge in [0, 0.05) is 44.7 Å². The molecular formula is C16H25Cl3N7V-3. The Kier molecular flexibility index (Phi) is 16.3. The minimum absolute atomic E-state index is 0. The fraction of sp³-hybridized carbons (Fsp3) is 0.562. The molecule has 0 unspecified atom stereocenters. The van der Waals surface area contributed by atoms with Gasteiger partial charge in [0.25, 0.3) is 0 Å². The molecule has 7 nitrogen and oxygen atoms in total. The number of pyridine rings is 1. The van der Waals surface area contributed by atoms with Crippen LogP contribution in [-0.4, -0.2) is 53.6 Å². The third-order valence-electron chi connectivity index (χ3n) is 4.01. The molecule has 2 saturated heterocycles. The summed E-state index contributed by atoms with van der Waals surface area (Å²) in [6.45, 7) is 6.27. The average Bonchev–Trinajstić information content (AvgIpc) is 3.20. The summed E-state index contributed by atoms with van der Waals surface area (Å²) < 4.78 is 0. The summed E-state index contributed by atoms with van der Waals surface area (Å²) in [6.07, 6.45) is 8.45. The van der Waals surface area contributed by atoms with Crippen molar-refractivity contribution in [2.75, 3.05) is 26.2 Å². The van der Waals surface area contributed by atoms with Crippen LogP contribution < -0.4 is 48.3 Å². The molecule has 2 aliphatic rings. The number of aromatic nitrogens is 1. The van der Waals surface area contributed by atoms with E-state index < -0.39 is 0 Å². The fourth-order valence-corrected chi connectivity index (χ4v) is 2.84. The number of hydrogen-bond acceptors (Lipinski definition) is 7. The predicted octanol–water partition coefficient (Wildman–Crippen LogP) is -7.73. The Labute approximate surface area is 191 Å². The number of hydrazine groups is 2. The molecule has 0 bridgehead atoms. The summed E-state index contributed by atoms with van der Waals surface area (Å²) >= 11 is 0. The molecule has 11 heteroatoms. The molecule has 1 aromatic heterocycles. The minimum Gasteiger partial charge on any atom is -1.00 e. The van der Waals surface area contributed by atoms with Crippen LogP contribution in [0.25, 0.3) is 0 Å². The van der Waals surface area contributed by atoms with Crippen molar-refractivity contribution in [3.05, 3.63) is 29.1 Å². The summed E-state index contributed by atoms with van der Waals surface area (Å²) in [6, 6.07) is 4.03. The summed E-state index contributed by atoms with van der Waals surface area (Å²) in [5.41, 5.74) is 8.93. The molecule has 0 aliphatic carbocycles. The SMILES string of the molecule is Cc1cc(C=NNN2CCCC2)nc(C=NNN2CCCC2)c1.[Cl-].[Cl-].[Cl-].[V]. The van der Waals surface area contributed by atoms with E-state index in [0.29, 0.717) is 0 Å². The smallest absolute Gasteiger partial charge is 0.0841 e. The molecule has 0 spiro atoms. The number of rotatable bonds is 6. The Hall–Kier alpha value is -0.536. The van der Waals surface area contributed by atoms with Gasteiger partial charge in [0.15, 0.2) is 0 Å². The van der Waals surface area contributed by atoms with Gasteiger partial charge in [-0.05, 0) is 50.3 Å². The van der Waals surface area contributed by atoms with Crippen molar-refractivity contribution >= 4 is 12.4 Å². The molecule has 153 valence electrons. The van der Waals surface area contributed by atoms with E-state index in [9.17, 15) is 0 Å². The van der Waals surface area contributed by atoms with Crippen molar-refractivity contribution in [3.8, 4) is 0 Å². The molecule has 2 N–H and O–H groups in total. The molecule has 3 rings (SSSR count). The van der Waals surface area contributed by atoms with Crippen LogP contribution in [0.5, 0.6) is 0 Å². The van der Waals surface area contributed by atoms with Crippen LogP contribution in [0.4, 0.5) is 0 Å². The van der Waals surface area contributed by atoms with E-state index in [1.807, 2.05) is 12.1 Å². The van der Waals surface area contributed by atoms with E-state index in [-0.39, 0.29) is 55.8 Å². The monoisotopic (exact) mass is 471 g/mol. The summed E-state index contributed by atoms with van der Waals surface area (Å²) in [4.78, 5) is 4.55. The van der Waals surface area contributed by atoms with E-state index >= 15 is 0 Å². The second kappa shape index (κ2) is 15.4. The van der Waals surface area contributed by atoms with Gasteiger partial charge in [0.05, 0.1) is 23.8 Å². The first-order chi connectivity index (χ1) is 11.3. The van der Waals surface area contributed by atoms with Gasteiger partial charge >= 0.3 is 0 Å². The average molecular weight is 473 g/mol. The van der Waals surface area contributed by atoms with Gasteiger partial charge in [-0.15, -0.1) is 0 Å². The van der Waals surface area contributed by atoms with Gasteiger partial charge in [0.2, 0.25) is 0 Å². The van der Waals surface area contributed by atoms with Crippen LogP contribution in [0.3, 0.4) is 0 Å². The number of hydrazone groups is 2. The summed E-state index contributed by atoms with van der Waals surface area (Å²) in [5.74, 6) is 0. The van der Waals surface area contributed by atoms with E-state index in [1.54, 1.807) is 12.4 Å². The van der Waals surface area contributed by atoms with Crippen molar-refractivity contribution in [2.45, 2.75) is 32.6 Å². The second-order valence-electron chi connectivity index (χ2n) is 6.10. The first-order valence-electron chi connectivity index (χ1n) is 8.36. The van der Waals surface area contributed by atoms with E-state index in [0.717, 1.165) is 43.1 Å². The Morgan fingerprint density at radius 2 is 1.19 bits per heavy atom. The minimum atomic E-state index is 0. The Bertz CT molecular complexity index is 531. The van der Waals surface area contributed by atoms with Crippen LogP contribution in [0.15, 0.2) is 22.3 Å². The van der Waals surface area contributed by atoms with Crippen molar-refractivity contribution in [1.29, 1.82) is 0 Å². The Balaban J connectivity index is 0. The number of nitrogens with one attached hydrogen (secondary N) is 2. The number of hydrogen-bond donors (Lipinski definition) is 2. The van der Waals surface area contributed by atoms with Crippen LogP contribution in [-0.2, 0) is 18.6 Å². The largest absolute Gasteiger partial charge is 1.00 e. The van der Waals surface area contributed by atoms with Gasteiger partial charge in [-0.3, -0.25) is 0 Å². The number of nitrogens with zero attached hydrogens (tertiary/aromatic N) is 5. The fourth-order valence-electron chi connectivity index (χ4n) is 2.84. The molecule has 0 amide bonds. The van der Waals surface area contributed by atoms with Crippen LogP contribution in [0.2, 0.25) is 0 Å². The molecule has 1 radical (unpaired) electrons.